The standard InChI is InChI=1S/C23H31BN4O12P/c1-11-7-27(22(33)25-20(11)31)18-5-14(37-13(3)30)17(39-18)10-36-41(24,35-4)40-15-6-19(38-16(15)9-29)28-8-12(2)21(32)26-23(28)34/h7-8,14-19,29H,5-6,9-10H2,1-4H3,(H,25,31,33)(H,26,32,34)/q+1/t14-,15-,16+,17+,18+,19+,41?/m0/s1. The fourth-order valence-electron chi connectivity index (χ4n) is 4.60. The number of aromatic nitrogens is 4. The van der Waals surface area contributed by atoms with Crippen molar-refractivity contribution in [2.24, 2.45) is 0 Å². The van der Waals surface area contributed by atoms with Crippen LogP contribution in [0, 0.1) is 13.8 Å². The molecule has 222 valence electrons. The van der Waals surface area contributed by atoms with Gasteiger partial charge < -0.3 is 19.3 Å². The molecule has 0 aliphatic carbocycles. The number of hydrogen-bond donors (Lipinski definition) is 3. The van der Waals surface area contributed by atoms with Gasteiger partial charge in [0.15, 0.2) is 0 Å². The Hall–Kier alpha value is -2.92. The number of hydrogen-bond acceptors (Lipinski definition) is 12. The number of rotatable bonds is 10. The first-order chi connectivity index (χ1) is 19.3. The van der Waals surface area contributed by atoms with Gasteiger partial charge in [-0.2, -0.15) is 13.6 Å². The van der Waals surface area contributed by atoms with Gasteiger partial charge >= 0.3 is 32.7 Å². The minimum atomic E-state index is -3.60. The zero-order chi connectivity index (χ0) is 30.1. The maximum absolute atomic E-state index is 12.4. The minimum absolute atomic E-state index is 0.0643. The van der Waals surface area contributed by atoms with Crippen molar-refractivity contribution >= 4 is 21.4 Å². The molecule has 18 heteroatoms. The van der Waals surface area contributed by atoms with Crippen LogP contribution in [-0.4, -0.2) is 82.5 Å². The lowest BCUT2D eigenvalue weighted by atomic mass is 10.2. The summed E-state index contributed by atoms with van der Waals surface area (Å²) in [5.74, 6) is -0.585. The van der Waals surface area contributed by atoms with Crippen LogP contribution in [0.1, 0.15) is 43.3 Å². The number of nitrogens with zero attached hydrogens (tertiary/aromatic N) is 2. The fraction of sp³-hybridized carbons (Fsp3) is 0.609. The minimum Gasteiger partial charge on any atom is -0.460 e. The summed E-state index contributed by atoms with van der Waals surface area (Å²) < 4.78 is 36.6. The van der Waals surface area contributed by atoms with Crippen LogP contribution in [0.15, 0.2) is 31.6 Å². The van der Waals surface area contributed by atoms with Gasteiger partial charge in [0.1, 0.15) is 43.5 Å². The van der Waals surface area contributed by atoms with Crippen LogP contribution < -0.4 is 22.5 Å². The summed E-state index contributed by atoms with van der Waals surface area (Å²) in [5.41, 5.74) is -1.88. The van der Waals surface area contributed by atoms with Gasteiger partial charge in [-0.3, -0.25) is 33.5 Å². The number of esters is 1. The first kappa shape index (κ1) is 31.0. The van der Waals surface area contributed by atoms with Crippen LogP contribution in [0.5, 0.6) is 0 Å². The predicted molar refractivity (Wildman–Crippen MR) is 142 cm³/mol. The van der Waals surface area contributed by atoms with Crippen LogP contribution in [0.25, 0.3) is 0 Å². The molecule has 2 radical (unpaired) electrons. The molecule has 0 amide bonds. The maximum atomic E-state index is 12.4. The lowest BCUT2D eigenvalue weighted by Gasteiger charge is -2.25. The molecule has 4 rings (SSSR count). The molecule has 0 aromatic carbocycles. The number of H-pyrrole nitrogens is 2. The van der Waals surface area contributed by atoms with Crippen LogP contribution >= 0.6 is 7.82 Å². The van der Waals surface area contributed by atoms with E-state index in [9.17, 15) is 29.1 Å². The fourth-order valence-corrected chi connectivity index (χ4v) is 5.80. The summed E-state index contributed by atoms with van der Waals surface area (Å²) in [6.45, 7) is 3.54. The quantitative estimate of drug-likeness (QED) is 0.173. The molecule has 0 saturated carbocycles. The average Bonchev–Trinajstić information content (AvgIpc) is 3.50. The van der Waals surface area contributed by atoms with Crippen LogP contribution in [0.4, 0.5) is 0 Å². The zero-order valence-electron chi connectivity index (χ0n) is 22.8. The maximum Gasteiger partial charge on any atom is 0.488 e. The van der Waals surface area contributed by atoms with Gasteiger partial charge in [0.05, 0.1) is 13.7 Å². The molecule has 2 aliphatic heterocycles. The number of ether oxygens (including phenoxy) is 3. The van der Waals surface area contributed by atoms with Crippen molar-refractivity contribution in [3.05, 3.63) is 65.2 Å². The average molecular weight is 597 g/mol. The Morgan fingerprint density at radius 2 is 1.51 bits per heavy atom. The van der Waals surface area contributed by atoms with Crippen molar-refractivity contribution in [1.82, 2.24) is 19.1 Å². The van der Waals surface area contributed by atoms with Crippen molar-refractivity contribution in [1.29, 1.82) is 0 Å². The van der Waals surface area contributed by atoms with E-state index in [-0.39, 0.29) is 30.6 Å². The van der Waals surface area contributed by atoms with Crippen LogP contribution in [0.2, 0.25) is 0 Å². The summed E-state index contributed by atoms with van der Waals surface area (Å²) in [4.78, 5) is 64.4. The van der Waals surface area contributed by atoms with Crippen molar-refractivity contribution < 1.29 is 37.7 Å². The molecular formula is C23H31BN4O12P+. The van der Waals surface area contributed by atoms with Gasteiger partial charge in [-0.1, -0.05) is 0 Å². The Kier molecular flexibility index (Phi) is 9.48. The van der Waals surface area contributed by atoms with E-state index in [1.807, 2.05) is 0 Å². The third kappa shape index (κ3) is 6.94. The van der Waals surface area contributed by atoms with E-state index in [1.54, 1.807) is 0 Å². The molecule has 3 N–H and O–H groups in total. The molecule has 2 fully saturated rings. The highest BCUT2D eigenvalue weighted by atomic mass is 31.2. The van der Waals surface area contributed by atoms with Crippen LogP contribution in [0.3, 0.4) is 0 Å². The number of aromatic amines is 2. The third-order valence-corrected chi connectivity index (χ3v) is 8.31. The van der Waals surface area contributed by atoms with E-state index >= 15 is 0 Å². The van der Waals surface area contributed by atoms with E-state index in [4.69, 9.17) is 35.3 Å². The highest BCUT2D eigenvalue weighted by molar-refractivity contribution is 7.85. The number of nitrogens with one attached hydrogen (secondary N) is 2. The summed E-state index contributed by atoms with van der Waals surface area (Å²) in [5, 5.41) is 9.88. The molecule has 16 nitrogen and oxygen atoms in total. The molecule has 2 aliphatic rings. The molecule has 2 saturated heterocycles. The Morgan fingerprint density at radius 3 is 2.00 bits per heavy atom. The largest absolute Gasteiger partial charge is 0.488 e. The molecule has 2 aromatic rings. The smallest absolute Gasteiger partial charge is 0.460 e. The van der Waals surface area contributed by atoms with Crippen molar-refractivity contribution in [3.8, 4) is 0 Å². The monoisotopic (exact) mass is 597 g/mol. The number of carbonyl (C=O) groups is 1. The summed E-state index contributed by atoms with van der Waals surface area (Å²) >= 11 is 0. The highest BCUT2D eigenvalue weighted by Crippen LogP contribution is 2.59. The molecular weight excluding hydrogens is 566 g/mol. The number of carbonyl (C=O) groups excluding carboxylic acids is 1. The van der Waals surface area contributed by atoms with E-state index in [0.29, 0.717) is 0 Å². The van der Waals surface area contributed by atoms with Crippen molar-refractivity contribution in [2.45, 2.75) is 70.5 Å². The zero-order valence-corrected chi connectivity index (χ0v) is 23.7. The Labute approximate surface area is 234 Å². The van der Waals surface area contributed by atoms with Gasteiger partial charge in [-0.05, 0) is 13.8 Å². The van der Waals surface area contributed by atoms with Gasteiger partial charge in [-0.25, -0.2) is 9.59 Å². The Morgan fingerprint density at radius 1 is 1.00 bits per heavy atom. The van der Waals surface area contributed by atoms with Crippen LogP contribution in [-0.2, 0) is 32.6 Å². The Balaban J connectivity index is 1.47. The molecule has 0 spiro atoms. The van der Waals surface area contributed by atoms with Gasteiger partial charge in [0, 0.05) is 43.3 Å². The predicted octanol–water partition coefficient (Wildman–Crippen LogP) is -0.903. The lowest BCUT2D eigenvalue weighted by molar-refractivity contribution is -0.150. The van der Waals surface area contributed by atoms with Crippen molar-refractivity contribution in [3.63, 3.8) is 0 Å². The summed E-state index contributed by atoms with van der Waals surface area (Å²) in [6, 6.07) is 0. The first-order valence-corrected chi connectivity index (χ1v) is 14.2. The molecule has 4 heterocycles. The lowest BCUT2D eigenvalue weighted by Crippen LogP contribution is -2.34. The normalized spacial score (nSPS) is 27.5. The second-order valence-corrected chi connectivity index (χ2v) is 11.6. The number of aliphatic hydroxyl groups is 1. The Bertz CT molecular complexity index is 1510. The second-order valence-electron chi connectivity index (χ2n) is 9.68. The summed E-state index contributed by atoms with van der Waals surface area (Å²) in [7, 11) is 3.98. The number of aliphatic hydroxyl groups excluding tert-OH is 1. The SMILES string of the molecule is [B][P+](OC)(OC[C@H]1O[C@@H](n2cc(C)c(=O)[nH]c2=O)C[C@@H]1OC(C)=O)O[C@H]1C[C@H](n2cc(C)c(=O)[nH]c2=O)O[C@@H]1CO. The van der Waals surface area contributed by atoms with E-state index in [2.05, 4.69) is 9.97 Å². The topological polar surface area (TPSA) is 202 Å². The third-order valence-electron chi connectivity index (χ3n) is 6.73. The molecule has 1 unspecified atom stereocenters. The van der Waals surface area contributed by atoms with E-state index in [0.717, 1.165) is 0 Å². The molecule has 41 heavy (non-hydrogen) atoms. The molecule has 0 bridgehead atoms. The first-order valence-electron chi connectivity index (χ1n) is 12.6. The van der Waals surface area contributed by atoms with Crippen molar-refractivity contribution in [2.75, 3.05) is 20.3 Å². The number of aryl methyl sites for hydroxylation is 2. The van der Waals surface area contributed by atoms with Gasteiger partial charge in [0.25, 0.3) is 11.1 Å². The van der Waals surface area contributed by atoms with E-state index < -0.39 is 79.8 Å². The van der Waals surface area contributed by atoms with Gasteiger partial charge in [-0.15, -0.1) is 0 Å². The van der Waals surface area contributed by atoms with E-state index in [1.165, 1.54) is 49.4 Å². The van der Waals surface area contributed by atoms with Gasteiger partial charge in [0.2, 0.25) is 0 Å². The highest BCUT2D eigenvalue weighted by Gasteiger charge is 2.50. The molecule has 7 atom stereocenters. The second kappa shape index (κ2) is 12.5. The molecule has 2 aromatic heterocycles. The summed E-state index contributed by atoms with van der Waals surface area (Å²) in [6.07, 6.45) is -2.42.